The van der Waals surface area contributed by atoms with Crippen molar-refractivity contribution in [2.24, 2.45) is 5.41 Å². The Bertz CT molecular complexity index is 1140. The molecule has 0 unspecified atom stereocenters. The number of nitrogens with one attached hydrogen (secondary N) is 1. The van der Waals surface area contributed by atoms with E-state index in [1.165, 1.54) is 21.0 Å². The molecule has 4 rings (SSSR count). The van der Waals surface area contributed by atoms with Gasteiger partial charge in [0.2, 0.25) is 15.9 Å². The first-order valence-corrected chi connectivity index (χ1v) is 10.9. The molecule has 2 aliphatic heterocycles. The van der Waals surface area contributed by atoms with Crippen LogP contribution in [-0.4, -0.2) is 36.3 Å². The predicted molar refractivity (Wildman–Crippen MR) is 103 cm³/mol. The van der Waals surface area contributed by atoms with E-state index in [1.807, 2.05) is 6.08 Å². The van der Waals surface area contributed by atoms with Gasteiger partial charge >= 0.3 is 5.76 Å². The van der Waals surface area contributed by atoms with Crippen molar-refractivity contribution >= 4 is 38.6 Å². The quantitative estimate of drug-likeness (QED) is 0.811. The molecule has 1 aromatic heterocycles. The van der Waals surface area contributed by atoms with Gasteiger partial charge in [-0.2, -0.15) is 4.31 Å². The van der Waals surface area contributed by atoms with Gasteiger partial charge in [0.25, 0.3) is 0 Å². The van der Waals surface area contributed by atoms with E-state index in [0.717, 1.165) is 0 Å². The molecule has 28 heavy (non-hydrogen) atoms. The van der Waals surface area contributed by atoms with E-state index in [0.29, 0.717) is 31.3 Å². The van der Waals surface area contributed by atoms with Crippen molar-refractivity contribution in [3.8, 4) is 0 Å². The third kappa shape index (κ3) is 2.89. The van der Waals surface area contributed by atoms with Gasteiger partial charge in [-0.3, -0.25) is 9.36 Å². The van der Waals surface area contributed by atoms with Crippen LogP contribution >= 0.6 is 11.6 Å². The Morgan fingerprint density at radius 2 is 1.96 bits per heavy atom. The van der Waals surface area contributed by atoms with E-state index in [1.54, 1.807) is 13.1 Å². The zero-order chi connectivity index (χ0) is 20.1. The van der Waals surface area contributed by atoms with Crippen molar-refractivity contribution in [1.29, 1.82) is 0 Å². The van der Waals surface area contributed by atoms with Gasteiger partial charge in [0.1, 0.15) is 4.90 Å². The first-order valence-electron chi connectivity index (χ1n) is 9.07. The average Bonchev–Trinajstić information content (AvgIpc) is 2.98. The lowest BCUT2D eigenvalue weighted by Gasteiger charge is -2.40. The molecule has 1 spiro atoms. The Morgan fingerprint density at radius 3 is 2.61 bits per heavy atom. The normalized spacial score (nSPS) is 20.0. The summed E-state index contributed by atoms with van der Waals surface area (Å²) in [6.45, 7) is 2.61. The van der Waals surface area contributed by atoms with E-state index in [9.17, 15) is 18.0 Å². The highest BCUT2D eigenvalue weighted by Gasteiger charge is 2.44. The van der Waals surface area contributed by atoms with Crippen LogP contribution in [0.5, 0.6) is 0 Å². The number of sulfonamides is 1. The lowest BCUT2D eigenvalue weighted by atomic mass is 9.74. The Hall–Kier alpha value is -2.10. The molecular formula is C18H20ClN3O5S. The number of rotatable bonds is 3. The number of halogens is 1. The number of aryl methyl sites for hydroxylation is 1. The van der Waals surface area contributed by atoms with E-state index < -0.39 is 21.2 Å². The fourth-order valence-electron chi connectivity index (χ4n) is 3.95. The highest BCUT2D eigenvalue weighted by atomic mass is 35.5. The highest BCUT2D eigenvalue weighted by Crippen LogP contribution is 2.39. The van der Waals surface area contributed by atoms with Gasteiger partial charge in [-0.05, 0) is 38.5 Å². The predicted octanol–water partition coefficient (Wildman–Crippen LogP) is 2.07. The largest absolute Gasteiger partial charge is 0.419 e. The third-order valence-corrected chi connectivity index (χ3v) is 8.02. The maximum absolute atomic E-state index is 13.2. The first-order chi connectivity index (χ1) is 13.3. The number of oxazole rings is 1. The minimum atomic E-state index is -3.89. The molecule has 0 radical (unpaired) electrons. The van der Waals surface area contributed by atoms with Crippen LogP contribution in [0, 0.1) is 5.41 Å². The molecule has 3 heterocycles. The van der Waals surface area contributed by atoms with Gasteiger partial charge in [-0.1, -0.05) is 17.7 Å². The molecule has 1 fully saturated rings. The van der Waals surface area contributed by atoms with Gasteiger partial charge in [-0.15, -0.1) is 0 Å². The number of carbonyl (C=O) groups is 1. The number of hydrogen-bond acceptors (Lipinski definition) is 5. The van der Waals surface area contributed by atoms with E-state index in [2.05, 4.69) is 5.32 Å². The topological polar surface area (TPSA) is 102 Å². The maximum Gasteiger partial charge on any atom is 0.419 e. The van der Waals surface area contributed by atoms with Crippen molar-refractivity contribution in [2.45, 2.75) is 37.6 Å². The monoisotopic (exact) mass is 425 g/mol. The molecule has 0 saturated carbocycles. The Morgan fingerprint density at radius 1 is 1.25 bits per heavy atom. The molecule has 1 aromatic carbocycles. The van der Waals surface area contributed by atoms with Crippen LogP contribution in [-0.2, 0) is 21.4 Å². The molecule has 1 amide bonds. The van der Waals surface area contributed by atoms with Crippen molar-refractivity contribution in [3.05, 3.63) is 40.0 Å². The molecule has 1 N–H and O–H groups in total. The van der Waals surface area contributed by atoms with Gasteiger partial charge in [0.15, 0.2) is 5.58 Å². The van der Waals surface area contributed by atoms with Gasteiger partial charge in [0, 0.05) is 25.7 Å². The molecule has 0 bridgehead atoms. The number of piperidine rings is 1. The molecule has 0 atom stereocenters. The zero-order valence-corrected chi connectivity index (χ0v) is 16.8. The summed E-state index contributed by atoms with van der Waals surface area (Å²) in [7, 11) is -3.89. The second kappa shape index (κ2) is 6.75. The number of aromatic nitrogens is 1. The molecule has 8 nitrogen and oxygen atoms in total. The van der Waals surface area contributed by atoms with E-state index in [4.69, 9.17) is 16.0 Å². The van der Waals surface area contributed by atoms with Gasteiger partial charge < -0.3 is 9.73 Å². The van der Waals surface area contributed by atoms with Crippen molar-refractivity contribution < 1.29 is 17.6 Å². The smallest absolute Gasteiger partial charge is 0.408 e. The number of fused-ring (bicyclic) bond motifs is 1. The molecule has 2 aliphatic rings. The molecule has 2 aromatic rings. The van der Waals surface area contributed by atoms with Gasteiger partial charge in [-0.25, -0.2) is 13.2 Å². The van der Waals surface area contributed by atoms with Crippen LogP contribution in [0.1, 0.15) is 26.2 Å². The number of amides is 1. The zero-order valence-electron chi connectivity index (χ0n) is 15.3. The number of nitrogens with zero attached hydrogens (tertiary/aromatic N) is 2. The fourth-order valence-corrected chi connectivity index (χ4v) is 5.90. The number of carbonyl (C=O) groups excluding carboxylic acids is 1. The second-order valence-corrected chi connectivity index (χ2v) is 9.44. The fraction of sp³-hybridized carbons (Fsp3) is 0.444. The summed E-state index contributed by atoms with van der Waals surface area (Å²) in [5.41, 5.74) is 0.0828. The average molecular weight is 426 g/mol. The van der Waals surface area contributed by atoms with Crippen LogP contribution in [0.2, 0.25) is 5.02 Å². The number of benzene rings is 1. The third-order valence-electron chi connectivity index (χ3n) is 5.66. The standard InChI is InChI=1S/C18H20ClN3O5S/c1-2-22-13-10-12(19)15(11-14(13)27-17(22)24)28(25,26)21-8-5-18(6-9-21)4-3-7-20-16(18)23/h3,7,10-11H,2,4-6,8-9H2,1H3,(H,20,23). The first kappa shape index (κ1) is 19.2. The van der Waals surface area contributed by atoms with Crippen LogP contribution in [0.4, 0.5) is 0 Å². The van der Waals surface area contributed by atoms with Crippen molar-refractivity contribution in [3.63, 3.8) is 0 Å². The van der Waals surface area contributed by atoms with Crippen LogP contribution < -0.4 is 11.1 Å². The Balaban J connectivity index is 1.66. The molecular weight excluding hydrogens is 406 g/mol. The van der Waals surface area contributed by atoms with E-state index in [-0.39, 0.29) is 34.5 Å². The highest BCUT2D eigenvalue weighted by molar-refractivity contribution is 7.89. The number of allylic oxidation sites excluding steroid dienone is 1. The van der Waals surface area contributed by atoms with Crippen molar-refractivity contribution in [1.82, 2.24) is 14.2 Å². The van der Waals surface area contributed by atoms with Crippen LogP contribution in [0.3, 0.4) is 0 Å². The summed E-state index contributed by atoms with van der Waals surface area (Å²) in [5.74, 6) is -0.617. The second-order valence-electron chi connectivity index (χ2n) is 7.13. The Kier molecular flexibility index (Phi) is 4.64. The summed E-state index contributed by atoms with van der Waals surface area (Å²) in [4.78, 5) is 24.1. The SMILES string of the molecule is CCn1c(=O)oc2cc(S(=O)(=O)N3CCC4(CC=CNC4=O)CC3)c(Cl)cc21. The van der Waals surface area contributed by atoms with Crippen LogP contribution in [0.15, 0.2) is 38.5 Å². The summed E-state index contributed by atoms with van der Waals surface area (Å²) >= 11 is 6.27. The summed E-state index contributed by atoms with van der Waals surface area (Å²) in [6.07, 6.45) is 5.00. The molecule has 10 heteroatoms. The van der Waals surface area contributed by atoms with Gasteiger partial charge in [0.05, 0.1) is 16.0 Å². The van der Waals surface area contributed by atoms with Crippen LogP contribution in [0.25, 0.3) is 11.1 Å². The summed E-state index contributed by atoms with van der Waals surface area (Å²) in [6, 6.07) is 2.75. The Labute approximate surface area is 166 Å². The molecule has 1 saturated heterocycles. The van der Waals surface area contributed by atoms with E-state index >= 15 is 0 Å². The maximum atomic E-state index is 13.2. The summed E-state index contributed by atoms with van der Waals surface area (Å²) < 4.78 is 34.2. The summed E-state index contributed by atoms with van der Waals surface area (Å²) in [5, 5.41) is 2.75. The van der Waals surface area contributed by atoms with Crippen molar-refractivity contribution in [2.75, 3.05) is 13.1 Å². The molecule has 0 aliphatic carbocycles. The lowest BCUT2D eigenvalue weighted by molar-refractivity contribution is -0.132. The molecule has 150 valence electrons. The minimum absolute atomic E-state index is 0.0362. The number of hydrogen-bond donors (Lipinski definition) is 1. The lowest BCUT2D eigenvalue weighted by Crippen LogP contribution is -2.50. The minimum Gasteiger partial charge on any atom is -0.408 e.